The van der Waals surface area contributed by atoms with Gasteiger partial charge >= 0.3 is 0 Å². The predicted molar refractivity (Wildman–Crippen MR) is 68.4 cm³/mol. The van der Waals surface area contributed by atoms with Crippen LogP contribution in [0.15, 0.2) is 30.3 Å². The van der Waals surface area contributed by atoms with Gasteiger partial charge in [-0.1, -0.05) is 18.2 Å². The molecule has 90 valence electrons. The van der Waals surface area contributed by atoms with Crippen molar-refractivity contribution in [2.45, 2.75) is 6.42 Å². The molecule has 2 rings (SSSR count). The highest BCUT2D eigenvalue weighted by molar-refractivity contribution is 6.08. The van der Waals surface area contributed by atoms with Crippen molar-refractivity contribution in [3.63, 3.8) is 0 Å². The quantitative estimate of drug-likeness (QED) is 0.812. The number of para-hydroxylation sites is 1. The van der Waals surface area contributed by atoms with Gasteiger partial charge in [0.15, 0.2) is 0 Å². The van der Waals surface area contributed by atoms with Crippen molar-refractivity contribution in [1.82, 2.24) is 4.90 Å². The number of carbonyl (C=O) groups is 1. The molecule has 1 atom stereocenters. The lowest BCUT2D eigenvalue weighted by molar-refractivity contribution is -0.118. The minimum Gasteiger partial charge on any atom is -0.325 e. The second-order valence-corrected chi connectivity index (χ2v) is 4.45. The maximum atomic E-state index is 12.0. The Kier molecular flexibility index (Phi) is 3.54. The minimum atomic E-state index is -0.311. The van der Waals surface area contributed by atoms with E-state index in [-0.39, 0.29) is 11.8 Å². The molecule has 4 nitrogen and oxygen atoms in total. The van der Waals surface area contributed by atoms with Gasteiger partial charge in [0.1, 0.15) is 0 Å². The lowest BCUT2D eigenvalue weighted by Crippen LogP contribution is -2.44. The number of hydrogen-bond acceptors (Lipinski definition) is 3. The van der Waals surface area contributed by atoms with Gasteiger partial charge in [-0.3, -0.25) is 4.79 Å². The van der Waals surface area contributed by atoms with Crippen molar-refractivity contribution in [1.29, 1.82) is 5.41 Å². The topological polar surface area (TPSA) is 56.2 Å². The van der Waals surface area contributed by atoms with Crippen molar-refractivity contribution in [3.8, 4) is 0 Å². The monoisotopic (exact) mass is 231 g/mol. The molecule has 1 aliphatic rings. The molecule has 1 amide bonds. The summed E-state index contributed by atoms with van der Waals surface area (Å²) in [6, 6.07) is 9.38. The lowest BCUT2D eigenvalue weighted by Gasteiger charge is -2.29. The van der Waals surface area contributed by atoms with Gasteiger partial charge in [-0.15, -0.1) is 0 Å². The second-order valence-electron chi connectivity index (χ2n) is 4.45. The Morgan fingerprint density at radius 1 is 1.41 bits per heavy atom. The summed E-state index contributed by atoms with van der Waals surface area (Å²) in [6.07, 6.45) is 0.684. The summed E-state index contributed by atoms with van der Waals surface area (Å²) >= 11 is 0. The van der Waals surface area contributed by atoms with Gasteiger partial charge in [0.05, 0.1) is 5.92 Å². The minimum absolute atomic E-state index is 0.0762. The second kappa shape index (κ2) is 5.10. The van der Waals surface area contributed by atoms with Crippen molar-refractivity contribution in [3.05, 3.63) is 30.3 Å². The van der Waals surface area contributed by atoms with Crippen molar-refractivity contribution >= 4 is 17.3 Å². The molecule has 1 heterocycles. The number of rotatable bonds is 2. The molecule has 0 aliphatic carbocycles. The first-order chi connectivity index (χ1) is 8.16. The van der Waals surface area contributed by atoms with E-state index in [0.29, 0.717) is 18.7 Å². The van der Waals surface area contributed by atoms with E-state index in [1.165, 1.54) is 0 Å². The fraction of sp³-hybridized carbons (Fsp3) is 0.385. The third kappa shape index (κ3) is 2.91. The standard InChI is InChI=1S/C13H17N3O/c1-16-8-7-12(14)11(9-16)13(17)15-10-5-3-2-4-6-10/h2-6,11,14H,7-9H2,1H3,(H,15,17). The number of carbonyl (C=O) groups excluding carboxylic acids is 1. The summed E-state index contributed by atoms with van der Waals surface area (Å²) in [7, 11) is 1.98. The van der Waals surface area contributed by atoms with Crippen LogP contribution in [0.2, 0.25) is 0 Å². The van der Waals surface area contributed by atoms with E-state index in [1.807, 2.05) is 37.4 Å². The Bertz CT molecular complexity index is 416. The van der Waals surface area contributed by atoms with Crippen molar-refractivity contribution in [2.75, 3.05) is 25.5 Å². The zero-order valence-corrected chi connectivity index (χ0v) is 9.94. The Morgan fingerprint density at radius 3 is 2.82 bits per heavy atom. The number of nitrogens with zero attached hydrogens (tertiary/aromatic N) is 1. The number of amides is 1. The first-order valence-corrected chi connectivity index (χ1v) is 5.78. The number of hydrogen-bond donors (Lipinski definition) is 2. The van der Waals surface area contributed by atoms with Gasteiger partial charge < -0.3 is 15.6 Å². The smallest absolute Gasteiger partial charge is 0.234 e. The molecule has 1 aromatic rings. The van der Waals surface area contributed by atoms with E-state index >= 15 is 0 Å². The maximum Gasteiger partial charge on any atom is 0.234 e. The Hall–Kier alpha value is -1.68. The summed E-state index contributed by atoms with van der Waals surface area (Å²) in [6.45, 7) is 1.51. The first kappa shape index (κ1) is 11.8. The van der Waals surface area contributed by atoms with Crippen LogP contribution in [0.4, 0.5) is 5.69 Å². The molecular formula is C13H17N3O. The van der Waals surface area contributed by atoms with Gasteiger partial charge in [0.2, 0.25) is 5.91 Å². The van der Waals surface area contributed by atoms with Gasteiger partial charge in [0, 0.05) is 24.5 Å². The van der Waals surface area contributed by atoms with Crippen LogP contribution in [0.1, 0.15) is 6.42 Å². The summed E-state index contributed by atoms with van der Waals surface area (Å²) in [5.41, 5.74) is 1.33. The number of nitrogens with one attached hydrogen (secondary N) is 2. The average molecular weight is 231 g/mol. The molecule has 17 heavy (non-hydrogen) atoms. The number of piperidine rings is 1. The molecule has 1 aromatic carbocycles. The summed E-state index contributed by atoms with van der Waals surface area (Å²) in [4.78, 5) is 14.1. The molecular weight excluding hydrogens is 214 g/mol. The molecule has 1 fully saturated rings. The molecule has 0 bridgehead atoms. The van der Waals surface area contributed by atoms with Gasteiger partial charge in [-0.25, -0.2) is 0 Å². The van der Waals surface area contributed by atoms with Crippen LogP contribution in [-0.2, 0) is 4.79 Å². The zero-order valence-electron chi connectivity index (χ0n) is 9.94. The molecule has 0 spiro atoms. The fourth-order valence-electron chi connectivity index (χ4n) is 1.99. The molecule has 1 aliphatic heterocycles. The normalized spacial score (nSPS) is 21.2. The van der Waals surface area contributed by atoms with E-state index in [0.717, 1.165) is 12.2 Å². The molecule has 0 saturated carbocycles. The van der Waals surface area contributed by atoms with Crippen LogP contribution in [0.25, 0.3) is 0 Å². The predicted octanol–water partition coefficient (Wildman–Crippen LogP) is 1.60. The zero-order chi connectivity index (χ0) is 12.3. The molecule has 0 radical (unpaired) electrons. The van der Waals surface area contributed by atoms with Crippen molar-refractivity contribution < 1.29 is 4.79 Å². The fourth-order valence-corrected chi connectivity index (χ4v) is 1.99. The van der Waals surface area contributed by atoms with Crippen LogP contribution in [0.5, 0.6) is 0 Å². The maximum absolute atomic E-state index is 12.0. The first-order valence-electron chi connectivity index (χ1n) is 5.78. The molecule has 1 saturated heterocycles. The van der Waals surface area contributed by atoms with E-state index in [4.69, 9.17) is 5.41 Å². The lowest BCUT2D eigenvalue weighted by atomic mass is 9.95. The van der Waals surface area contributed by atoms with E-state index in [1.54, 1.807) is 0 Å². The Balaban J connectivity index is 2.02. The van der Waals surface area contributed by atoms with E-state index < -0.39 is 0 Å². The summed E-state index contributed by atoms with van der Waals surface area (Å²) in [5, 5.41) is 10.7. The number of benzene rings is 1. The summed E-state index contributed by atoms with van der Waals surface area (Å²) < 4.78 is 0. The molecule has 4 heteroatoms. The van der Waals surface area contributed by atoms with Crippen LogP contribution in [-0.4, -0.2) is 36.7 Å². The SMILES string of the molecule is CN1CCC(=N)C(C(=O)Nc2ccccc2)C1. The highest BCUT2D eigenvalue weighted by Crippen LogP contribution is 2.15. The Morgan fingerprint density at radius 2 is 2.12 bits per heavy atom. The van der Waals surface area contributed by atoms with Gasteiger partial charge in [-0.2, -0.15) is 0 Å². The third-order valence-corrected chi connectivity index (χ3v) is 3.04. The van der Waals surface area contributed by atoms with E-state index in [2.05, 4.69) is 10.2 Å². The summed E-state index contributed by atoms with van der Waals surface area (Å²) in [5.74, 6) is -0.387. The van der Waals surface area contributed by atoms with Gasteiger partial charge in [-0.05, 0) is 25.6 Å². The highest BCUT2D eigenvalue weighted by atomic mass is 16.1. The number of anilines is 1. The van der Waals surface area contributed by atoms with Crippen LogP contribution in [0, 0.1) is 11.3 Å². The molecule has 2 N–H and O–H groups in total. The van der Waals surface area contributed by atoms with Crippen LogP contribution in [0.3, 0.4) is 0 Å². The van der Waals surface area contributed by atoms with Crippen molar-refractivity contribution in [2.24, 2.45) is 5.92 Å². The Labute approximate surface area is 101 Å². The van der Waals surface area contributed by atoms with Gasteiger partial charge in [0.25, 0.3) is 0 Å². The third-order valence-electron chi connectivity index (χ3n) is 3.04. The number of likely N-dealkylation sites (tertiary alicyclic amines) is 1. The van der Waals surface area contributed by atoms with Crippen LogP contribution < -0.4 is 5.32 Å². The highest BCUT2D eigenvalue weighted by Gasteiger charge is 2.28. The van der Waals surface area contributed by atoms with E-state index in [9.17, 15) is 4.79 Å². The molecule has 1 unspecified atom stereocenters. The largest absolute Gasteiger partial charge is 0.325 e. The molecule has 0 aromatic heterocycles. The average Bonchev–Trinajstić information content (AvgIpc) is 2.33. The van der Waals surface area contributed by atoms with Crippen LogP contribution >= 0.6 is 0 Å².